The molecule has 0 spiro atoms. The topological polar surface area (TPSA) is 109 Å². The molecule has 0 bridgehead atoms. The summed E-state index contributed by atoms with van der Waals surface area (Å²) in [5.41, 5.74) is 0.947. The first-order valence-corrected chi connectivity index (χ1v) is 7.99. The average molecular weight is 355 g/mol. The predicted octanol–water partition coefficient (Wildman–Crippen LogP) is 0.906. The number of anilines is 1. The van der Waals surface area contributed by atoms with E-state index in [0.717, 1.165) is 0 Å². The minimum atomic E-state index is -0.353. The summed E-state index contributed by atoms with van der Waals surface area (Å²) in [5.74, 6) is 0.936. The van der Waals surface area contributed by atoms with Crippen LogP contribution in [0.15, 0.2) is 30.7 Å². The smallest absolute Gasteiger partial charge is 0.263 e. The van der Waals surface area contributed by atoms with E-state index in [0.29, 0.717) is 36.1 Å². The lowest BCUT2D eigenvalue weighted by molar-refractivity contribution is -0.0228. The molecule has 134 valence electrons. The third-order valence-corrected chi connectivity index (χ3v) is 4.04. The van der Waals surface area contributed by atoms with Crippen LogP contribution in [-0.2, 0) is 11.8 Å². The van der Waals surface area contributed by atoms with Crippen molar-refractivity contribution < 1.29 is 14.3 Å². The summed E-state index contributed by atoms with van der Waals surface area (Å²) in [7, 11) is 3.18. The van der Waals surface area contributed by atoms with Crippen molar-refractivity contribution in [3.63, 3.8) is 0 Å². The highest BCUT2D eigenvalue weighted by Gasteiger charge is 2.24. The van der Waals surface area contributed by atoms with Crippen LogP contribution in [0.4, 0.5) is 5.82 Å². The van der Waals surface area contributed by atoms with E-state index in [4.69, 9.17) is 9.47 Å². The van der Waals surface area contributed by atoms with E-state index in [1.165, 1.54) is 11.8 Å². The van der Waals surface area contributed by atoms with Gasteiger partial charge in [-0.3, -0.25) is 9.48 Å². The molecule has 0 atom stereocenters. The number of aryl methyl sites for hydroxylation is 1. The van der Waals surface area contributed by atoms with Gasteiger partial charge in [-0.2, -0.15) is 0 Å². The van der Waals surface area contributed by atoms with Crippen LogP contribution in [0.1, 0.15) is 16.4 Å². The third kappa shape index (κ3) is 2.90. The number of nitrogens with one attached hydrogen (secondary N) is 1. The Bertz CT molecular complexity index is 945. The van der Waals surface area contributed by atoms with Crippen molar-refractivity contribution in [1.29, 1.82) is 0 Å². The maximum Gasteiger partial charge on any atom is 0.263 e. The third-order valence-electron chi connectivity index (χ3n) is 4.04. The molecular weight excluding hydrogens is 338 g/mol. The summed E-state index contributed by atoms with van der Waals surface area (Å²) >= 11 is 0. The van der Waals surface area contributed by atoms with Gasteiger partial charge < -0.3 is 19.4 Å². The van der Waals surface area contributed by atoms with Crippen LogP contribution in [0.25, 0.3) is 11.5 Å². The molecule has 4 rings (SSSR count). The Balaban J connectivity index is 1.58. The molecule has 1 aliphatic heterocycles. The van der Waals surface area contributed by atoms with E-state index in [2.05, 4.69) is 25.6 Å². The summed E-state index contributed by atoms with van der Waals surface area (Å²) in [4.78, 5) is 17.0. The molecule has 10 nitrogen and oxygen atoms in total. The molecule has 1 amide bonds. The number of methoxy groups -OCH3 is 1. The SMILES string of the molecule is COc1nn(C)cc1C(=O)Nc1cccc(-c2nncn2C2COC2)n1. The van der Waals surface area contributed by atoms with E-state index in [1.54, 1.807) is 31.7 Å². The van der Waals surface area contributed by atoms with Gasteiger partial charge in [-0.25, -0.2) is 4.98 Å². The molecule has 0 unspecified atom stereocenters. The zero-order chi connectivity index (χ0) is 18.1. The van der Waals surface area contributed by atoms with Gasteiger partial charge in [0.25, 0.3) is 5.91 Å². The number of nitrogens with zero attached hydrogens (tertiary/aromatic N) is 6. The molecule has 26 heavy (non-hydrogen) atoms. The van der Waals surface area contributed by atoms with E-state index >= 15 is 0 Å². The van der Waals surface area contributed by atoms with Gasteiger partial charge in [0.15, 0.2) is 5.82 Å². The first kappa shape index (κ1) is 16.2. The number of carbonyl (C=O) groups excluding carboxylic acids is 1. The number of rotatable bonds is 5. The van der Waals surface area contributed by atoms with Crippen molar-refractivity contribution in [2.45, 2.75) is 6.04 Å². The van der Waals surface area contributed by atoms with Gasteiger partial charge in [-0.1, -0.05) is 6.07 Å². The second kappa shape index (κ2) is 6.56. The molecule has 1 aliphatic rings. The fourth-order valence-corrected chi connectivity index (χ4v) is 2.66. The number of ether oxygens (including phenoxy) is 2. The van der Waals surface area contributed by atoms with Gasteiger partial charge in [0, 0.05) is 13.2 Å². The molecule has 4 heterocycles. The van der Waals surface area contributed by atoms with Crippen LogP contribution in [0.2, 0.25) is 0 Å². The van der Waals surface area contributed by atoms with Crippen LogP contribution in [0, 0.1) is 0 Å². The van der Waals surface area contributed by atoms with Crippen molar-refractivity contribution in [1.82, 2.24) is 29.5 Å². The zero-order valence-corrected chi connectivity index (χ0v) is 14.3. The Morgan fingerprint density at radius 1 is 1.38 bits per heavy atom. The number of hydrogen-bond acceptors (Lipinski definition) is 7. The van der Waals surface area contributed by atoms with Gasteiger partial charge in [-0.05, 0) is 12.1 Å². The second-order valence-electron chi connectivity index (χ2n) is 5.84. The van der Waals surface area contributed by atoms with Gasteiger partial charge in [0.1, 0.15) is 23.4 Å². The molecule has 1 N–H and O–H groups in total. The summed E-state index contributed by atoms with van der Waals surface area (Å²) < 4.78 is 13.8. The van der Waals surface area contributed by atoms with Crippen molar-refractivity contribution in [3.8, 4) is 17.4 Å². The second-order valence-corrected chi connectivity index (χ2v) is 5.84. The molecule has 0 aliphatic carbocycles. The summed E-state index contributed by atoms with van der Waals surface area (Å²) in [6, 6.07) is 5.53. The van der Waals surface area contributed by atoms with Crippen LogP contribution < -0.4 is 10.1 Å². The fourth-order valence-electron chi connectivity index (χ4n) is 2.66. The van der Waals surface area contributed by atoms with Crippen molar-refractivity contribution in [3.05, 3.63) is 36.3 Å². The summed E-state index contributed by atoms with van der Waals surface area (Å²) in [6.45, 7) is 1.25. The highest BCUT2D eigenvalue weighted by molar-refractivity contribution is 6.05. The minimum absolute atomic E-state index is 0.208. The molecule has 0 aromatic carbocycles. The van der Waals surface area contributed by atoms with Crippen molar-refractivity contribution >= 4 is 11.7 Å². The summed E-state index contributed by atoms with van der Waals surface area (Å²) in [5, 5.41) is 15.0. The number of pyridine rings is 1. The van der Waals surface area contributed by atoms with Crippen LogP contribution >= 0.6 is 0 Å². The standard InChI is InChI=1S/C16H17N7O3/c1-22-6-11(16(21-22)25-2)15(24)19-13-5-3-4-12(18-13)14-20-17-9-23(14)10-7-26-8-10/h3-6,9-10H,7-8H2,1-2H3,(H,18,19,24). The van der Waals surface area contributed by atoms with Crippen LogP contribution in [0.5, 0.6) is 5.88 Å². The van der Waals surface area contributed by atoms with Crippen LogP contribution in [0.3, 0.4) is 0 Å². The monoisotopic (exact) mass is 355 g/mol. The number of hydrogen-bond donors (Lipinski definition) is 1. The van der Waals surface area contributed by atoms with Gasteiger partial charge in [0.2, 0.25) is 5.88 Å². The normalized spacial score (nSPS) is 14.1. The molecule has 1 fully saturated rings. The average Bonchev–Trinajstić information content (AvgIpc) is 3.20. The highest BCUT2D eigenvalue weighted by Crippen LogP contribution is 2.24. The number of carbonyl (C=O) groups is 1. The Morgan fingerprint density at radius 2 is 2.23 bits per heavy atom. The van der Waals surface area contributed by atoms with Gasteiger partial charge in [-0.15, -0.1) is 15.3 Å². The lowest BCUT2D eigenvalue weighted by Gasteiger charge is -2.27. The number of aromatic nitrogens is 6. The highest BCUT2D eigenvalue weighted by atomic mass is 16.5. The lowest BCUT2D eigenvalue weighted by atomic mass is 10.2. The molecule has 3 aromatic rings. The first-order valence-electron chi connectivity index (χ1n) is 7.99. The van der Waals surface area contributed by atoms with Crippen molar-refractivity contribution in [2.75, 3.05) is 25.6 Å². The quantitative estimate of drug-likeness (QED) is 0.724. The van der Waals surface area contributed by atoms with E-state index in [-0.39, 0.29) is 17.8 Å². The van der Waals surface area contributed by atoms with Crippen LogP contribution in [-0.4, -0.2) is 55.8 Å². The van der Waals surface area contributed by atoms with E-state index < -0.39 is 0 Å². The largest absolute Gasteiger partial charge is 0.479 e. The Hall–Kier alpha value is -3.27. The minimum Gasteiger partial charge on any atom is -0.479 e. The maximum atomic E-state index is 12.5. The Kier molecular flexibility index (Phi) is 4.09. The first-order chi connectivity index (χ1) is 12.7. The van der Waals surface area contributed by atoms with E-state index in [1.807, 2.05) is 10.6 Å². The Morgan fingerprint density at radius 3 is 2.96 bits per heavy atom. The fraction of sp³-hybridized carbons (Fsp3) is 0.312. The predicted molar refractivity (Wildman–Crippen MR) is 90.8 cm³/mol. The zero-order valence-electron chi connectivity index (χ0n) is 14.3. The molecule has 10 heteroatoms. The molecule has 0 radical (unpaired) electrons. The van der Waals surface area contributed by atoms with Gasteiger partial charge >= 0.3 is 0 Å². The van der Waals surface area contributed by atoms with E-state index in [9.17, 15) is 4.79 Å². The van der Waals surface area contributed by atoms with Crippen molar-refractivity contribution in [2.24, 2.45) is 7.05 Å². The summed E-state index contributed by atoms with van der Waals surface area (Å²) in [6.07, 6.45) is 3.25. The lowest BCUT2D eigenvalue weighted by Crippen LogP contribution is -2.30. The number of amides is 1. The molecular formula is C16H17N7O3. The maximum absolute atomic E-state index is 12.5. The molecule has 0 saturated carbocycles. The molecule has 3 aromatic heterocycles. The Labute approximate surface area is 148 Å². The molecule has 1 saturated heterocycles. The van der Waals surface area contributed by atoms with Gasteiger partial charge in [0.05, 0.1) is 26.4 Å².